The molecule has 224 valence electrons. The van der Waals surface area contributed by atoms with Gasteiger partial charge in [-0.25, -0.2) is 4.98 Å². The Morgan fingerprint density at radius 3 is 2.43 bits per heavy atom. The van der Waals surface area contributed by atoms with Crippen LogP contribution in [0.3, 0.4) is 0 Å². The maximum Gasteiger partial charge on any atom is 0.259 e. The summed E-state index contributed by atoms with van der Waals surface area (Å²) in [5.41, 5.74) is 8.86. The van der Waals surface area contributed by atoms with Crippen LogP contribution >= 0.6 is 0 Å². The Bertz CT molecular complexity index is 1280. The Hall–Kier alpha value is -4.49. The quantitative estimate of drug-likeness (QED) is 0.415. The molecule has 2 aromatic rings. The number of rotatable bonds is 9. The molecule has 1 aromatic heterocycles. The number of pyridine rings is 1. The van der Waals surface area contributed by atoms with E-state index in [1.54, 1.807) is 41.6 Å². The zero-order valence-corrected chi connectivity index (χ0v) is 24.8. The van der Waals surface area contributed by atoms with Gasteiger partial charge in [0.05, 0.1) is 17.3 Å². The minimum Gasteiger partial charge on any atom is -0.512 e. The molecule has 1 aromatic carbocycles. The molecule has 4 rings (SSSR count). The number of ether oxygens (including phenoxy) is 2. The number of aliphatic hydroxyl groups excluding tert-OH is 1. The van der Waals surface area contributed by atoms with Crippen molar-refractivity contribution < 1.29 is 19.4 Å². The van der Waals surface area contributed by atoms with E-state index in [4.69, 9.17) is 20.5 Å². The number of nitrogens with two attached hydrogens (primary N) is 1. The predicted octanol–water partition coefficient (Wildman–Crippen LogP) is 4.54. The van der Waals surface area contributed by atoms with Gasteiger partial charge in [0.2, 0.25) is 0 Å². The fourth-order valence-electron chi connectivity index (χ4n) is 4.87. The first-order valence-corrected chi connectivity index (χ1v) is 14.6. The average molecular weight is 575 g/mol. The topological polar surface area (TPSA) is 128 Å². The van der Waals surface area contributed by atoms with Gasteiger partial charge in [-0.2, -0.15) is 5.26 Å². The molecule has 10 nitrogen and oxygen atoms in total. The first kappa shape index (κ1) is 32.0. The van der Waals surface area contributed by atoms with E-state index in [0.29, 0.717) is 54.8 Å². The molecule has 3 heterocycles. The first-order chi connectivity index (χ1) is 20.6. The number of carbonyl (C=O) groups is 1. The lowest BCUT2D eigenvalue weighted by Gasteiger charge is -2.39. The SMILES string of the molecule is CC.CCCC(=C/N)/C(=C1/OCCO/C1=C\O)N1CCN(CCN(C(=O)c2ccc(C#N)cc2)c2ccccn2)CC1. The van der Waals surface area contributed by atoms with Crippen LogP contribution in [0.1, 0.15) is 49.5 Å². The second-order valence-electron chi connectivity index (χ2n) is 9.47. The van der Waals surface area contributed by atoms with Crippen LogP contribution in [0.5, 0.6) is 0 Å². The minimum absolute atomic E-state index is 0.163. The Morgan fingerprint density at radius 1 is 1.12 bits per heavy atom. The number of hydrogen-bond donors (Lipinski definition) is 2. The Morgan fingerprint density at radius 2 is 1.83 bits per heavy atom. The number of benzene rings is 1. The van der Waals surface area contributed by atoms with Crippen molar-refractivity contribution >= 4 is 11.7 Å². The van der Waals surface area contributed by atoms with Gasteiger partial charge in [-0.15, -0.1) is 0 Å². The molecule has 0 aliphatic carbocycles. The van der Waals surface area contributed by atoms with Gasteiger partial charge in [0.1, 0.15) is 25.3 Å². The number of nitriles is 1. The van der Waals surface area contributed by atoms with E-state index in [2.05, 4.69) is 27.8 Å². The highest BCUT2D eigenvalue weighted by molar-refractivity contribution is 6.05. The van der Waals surface area contributed by atoms with Crippen molar-refractivity contribution in [3.63, 3.8) is 0 Å². The van der Waals surface area contributed by atoms with Gasteiger partial charge >= 0.3 is 0 Å². The van der Waals surface area contributed by atoms with Crippen molar-refractivity contribution in [1.82, 2.24) is 14.8 Å². The lowest BCUT2D eigenvalue weighted by atomic mass is 10.0. The maximum absolute atomic E-state index is 13.5. The van der Waals surface area contributed by atoms with Crippen molar-refractivity contribution in [1.29, 1.82) is 5.26 Å². The lowest BCUT2D eigenvalue weighted by Crippen LogP contribution is -2.49. The third-order valence-electron chi connectivity index (χ3n) is 6.93. The summed E-state index contributed by atoms with van der Waals surface area (Å²) in [7, 11) is 0. The van der Waals surface area contributed by atoms with Crippen LogP contribution in [0.15, 0.2) is 83.9 Å². The molecule has 0 spiro atoms. The summed E-state index contributed by atoms with van der Waals surface area (Å²) < 4.78 is 11.6. The van der Waals surface area contributed by atoms with Gasteiger partial charge in [0.25, 0.3) is 5.91 Å². The summed E-state index contributed by atoms with van der Waals surface area (Å²) in [5, 5.41) is 18.9. The molecule has 2 saturated heterocycles. The van der Waals surface area contributed by atoms with Crippen LogP contribution in [0.4, 0.5) is 5.82 Å². The Balaban J connectivity index is 0.00000237. The third kappa shape index (κ3) is 8.04. The molecular formula is C32H42N6O4. The van der Waals surface area contributed by atoms with Gasteiger partial charge in [-0.1, -0.05) is 33.3 Å². The van der Waals surface area contributed by atoms with Gasteiger partial charge in [0.15, 0.2) is 11.5 Å². The first-order valence-electron chi connectivity index (χ1n) is 14.6. The van der Waals surface area contributed by atoms with Crippen molar-refractivity contribution in [2.24, 2.45) is 5.73 Å². The molecule has 1 amide bonds. The molecule has 0 bridgehead atoms. The second-order valence-corrected chi connectivity index (χ2v) is 9.47. The molecule has 0 saturated carbocycles. The number of aliphatic hydroxyl groups is 1. The normalized spacial score (nSPS) is 17.7. The highest BCUT2D eigenvalue weighted by atomic mass is 16.6. The maximum atomic E-state index is 13.5. The number of amides is 1. The fourth-order valence-corrected chi connectivity index (χ4v) is 4.87. The lowest BCUT2D eigenvalue weighted by molar-refractivity contribution is 0.0471. The number of nitrogens with zero attached hydrogens (tertiary/aromatic N) is 5. The van der Waals surface area contributed by atoms with E-state index in [1.807, 2.05) is 32.0 Å². The van der Waals surface area contributed by atoms with Crippen LogP contribution < -0.4 is 10.6 Å². The summed E-state index contributed by atoms with van der Waals surface area (Å²) in [4.78, 5) is 24.1. The van der Waals surface area contributed by atoms with Gasteiger partial charge in [-0.05, 0) is 54.6 Å². The standard InChI is InChI=1S/C30H36N6O4.C2H6/c1-2-5-25(21-32)28(29-26(22-37)39-18-19-40-29)35-15-12-34(13-16-35)14-17-36(27-6-3-4-11-33-27)30(38)24-9-7-23(20-31)8-10-24;1-2/h3-4,6-11,21-22,37H,2,5,12-19,32H2,1H3;1-2H3/b25-21-,26-22-,29-28-;. The predicted molar refractivity (Wildman–Crippen MR) is 163 cm³/mol. The van der Waals surface area contributed by atoms with Crippen LogP contribution in [0.25, 0.3) is 0 Å². The molecule has 2 fully saturated rings. The third-order valence-corrected chi connectivity index (χ3v) is 6.93. The molecule has 0 radical (unpaired) electrons. The zero-order chi connectivity index (χ0) is 30.3. The van der Waals surface area contributed by atoms with E-state index in [-0.39, 0.29) is 5.91 Å². The largest absolute Gasteiger partial charge is 0.512 e. The number of allylic oxidation sites excluding steroid dienone is 1. The summed E-state index contributed by atoms with van der Waals surface area (Å²) in [6.07, 6.45) is 5.92. The van der Waals surface area contributed by atoms with E-state index in [1.165, 1.54) is 0 Å². The number of carbonyl (C=O) groups excluding carboxylic acids is 1. The van der Waals surface area contributed by atoms with Crippen LogP contribution in [-0.2, 0) is 9.47 Å². The molecule has 42 heavy (non-hydrogen) atoms. The zero-order valence-electron chi connectivity index (χ0n) is 24.8. The summed E-state index contributed by atoms with van der Waals surface area (Å²) in [5.74, 6) is 1.25. The molecule has 3 N–H and O–H groups in total. The summed E-state index contributed by atoms with van der Waals surface area (Å²) >= 11 is 0. The smallest absolute Gasteiger partial charge is 0.259 e. The summed E-state index contributed by atoms with van der Waals surface area (Å²) in [6, 6.07) is 14.2. The van der Waals surface area contributed by atoms with Crippen molar-refractivity contribution in [3.8, 4) is 6.07 Å². The Kier molecular flexibility index (Phi) is 12.7. The van der Waals surface area contributed by atoms with E-state index >= 15 is 0 Å². The molecule has 2 aliphatic heterocycles. The van der Waals surface area contributed by atoms with Gasteiger partial charge < -0.3 is 25.2 Å². The summed E-state index contributed by atoms with van der Waals surface area (Å²) in [6.45, 7) is 11.0. The highest BCUT2D eigenvalue weighted by Gasteiger charge is 2.29. The monoisotopic (exact) mass is 574 g/mol. The van der Waals surface area contributed by atoms with Gasteiger partial charge in [-0.3, -0.25) is 14.6 Å². The van der Waals surface area contributed by atoms with E-state index < -0.39 is 0 Å². The van der Waals surface area contributed by atoms with Gasteiger partial charge in [0, 0.05) is 51.0 Å². The van der Waals surface area contributed by atoms with Crippen molar-refractivity contribution in [2.45, 2.75) is 33.6 Å². The Labute approximate surface area is 248 Å². The molecule has 0 atom stereocenters. The molecule has 10 heteroatoms. The van der Waals surface area contributed by atoms with E-state index in [9.17, 15) is 9.90 Å². The second kappa shape index (κ2) is 16.7. The van der Waals surface area contributed by atoms with Crippen LogP contribution in [0.2, 0.25) is 0 Å². The van der Waals surface area contributed by atoms with Crippen molar-refractivity contribution in [2.75, 3.05) is 57.4 Å². The molecule has 0 unspecified atom stereocenters. The number of aromatic nitrogens is 1. The molecular weight excluding hydrogens is 532 g/mol. The average Bonchev–Trinajstić information content (AvgIpc) is 3.06. The number of anilines is 1. The molecule has 2 aliphatic rings. The van der Waals surface area contributed by atoms with Crippen LogP contribution in [0, 0.1) is 11.3 Å². The number of hydrogen-bond acceptors (Lipinski definition) is 9. The highest BCUT2D eigenvalue weighted by Crippen LogP contribution is 2.31. The number of piperazine rings is 1. The fraction of sp³-hybridized carbons (Fsp3) is 0.406. The van der Waals surface area contributed by atoms with Crippen molar-refractivity contribution in [3.05, 3.63) is 95.0 Å². The van der Waals surface area contributed by atoms with Crippen LogP contribution in [-0.4, -0.2) is 78.3 Å². The minimum atomic E-state index is -0.163. The van der Waals surface area contributed by atoms with E-state index in [0.717, 1.165) is 56.6 Å².